The summed E-state index contributed by atoms with van der Waals surface area (Å²) in [6, 6.07) is 3.09. The molecule has 3 aromatic rings. The van der Waals surface area contributed by atoms with Crippen LogP contribution in [0.15, 0.2) is 34.2 Å². The predicted octanol–water partition coefficient (Wildman–Crippen LogP) is 2.61. The van der Waals surface area contributed by atoms with Crippen molar-refractivity contribution in [2.75, 3.05) is 11.1 Å². The maximum atomic E-state index is 13.1. The molecule has 9 nitrogen and oxygen atoms in total. The van der Waals surface area contributed by atoms with Gasteiger partial charge in [0.15, 0.2) is 21.3 Å². The number of nitrogens with one attached hydrogen (secondary N) is 1. The van der Waals surface area contributed by atoms with Crippen LogP contribution in [0.3, 0.4) is 0 Å². The van der Waals surface area contributed by atoms with Gasteiger partial charge in [0.25, 0.3) is 5.56 Å². The van der Waals surface area contributed by atoms with Crippen LogP contribution >= 0.6 is 11.6 Å². The number of halogens is 1. The Morgan fingerprint density at radius 2 is 2.00 bits per heavy atom. The number of rotatable bonds is 7. The molecule has 0 spiro atoms. The number of hydrogen-bond donors (Lipinski definition) is 1. The number of pyridine rings is 1. The van der Waals surface area contributed by atoms with Crippen molar-refractivity contribution >= 4 is 38.4 Å². The summed E-state index contributed by atoms with van der Waals surface area (Å²) in [5.74, 6) is 0.593. The predicted molar refractivity (Wildman–Crippen MR) is 113 cm³/mol. The molecule has 0 aliphatic heterocycles. The molecule has 11 heteroatoms. The second-order valence-electron chi connectivity index (χ2n) is 7.30. The van der Waals surface area contributed by atoms with Crippen molar-refractivity contribution in [3.63, 3.8) is 0 Å². The van der Waals surface area contributed by atoms with Gasteiger partial charge in [-0.25, -0.2) is 18.4 Å². The average molecular weight is 449 g/mol. The number of hydrogen-bond acceptors (Lipinski definition) is 8. The van der Waals surface area contributed by atoms with E-state index >= 15 is 0 Å². The van der Waals surface area contributed by atoms with Crippen molar-refractivity contribution in [3.8, 4) is 0 Å². The van der Waals surface area contributed by atoms with E-state index in [-0.39, 0.29) is 39.9 Å². The first-order valence-corrected chi connectivity index (χ1v) is 11.7. The molecule has 3 heterocycles. The molecule has 0 saturated heterocycles. The SMILES string of the molecule is CCS(=O)(=O)c1ccc(CNc2nc3cnc(Cl)nc3n(C(C)C3CC3)c2=O)nc1. The van der Waals surface area contributed by atoms with Crippen molar-refractivity contribution in [2.45, 2.75) is 44.2 Å². The van der Waals surface area contributed by atoms with Gasteiger partial charge in [-0.2, -0.15) is 4.98 Å². The van der Waals surface area contributed by atoms with Gasteiger partial charge in [0.1, 0.15) is 5.52 Å². The van der Waals surface area contributed by atoms with E-state index in [1.165, 1.54) is 18.5 Å². The smallest absolute Gasteiger partial charge is 0.295 e. The summed E-state index contributed by atoms with van der Waals surface area (Å²) in [6.45, 7) is 3.79. The first-order chi connectivity index (χ1) is 14.3. The molecule has 30 heavy (non-hydrogen) atoms. The van der Waals surface area contributed by atoms with Crippen LogP contribution in [0.1, 0.15) is 38.4 Å². The minimum atomic E-state index is -3.31. The summed E-state index contributed by atoms with van der Waals surface area (Å²) in [7, 11) is -3.31. The van der Waals surface area contributed by atoms with Crippen molar-refractivity contribution < 1.29 is 8.42 Å². The second-order valence-corrected chi connectivity index (χ2v) is 9.92. The van der Waals surface area contributed by atoms with E-state index in [1.807, 2.05) is 6.92 Å². The third kappa shape index (κ3) is 4.01. The fourth-order valence-corrected chi connectivity index (χ4v) is 4.25. The van der Waals surface area contributed by atoms with Crippen molar-refractivity contribution in [1.29, 1.82) is 0 Å². The number of aromatic nitrogens is 5. The first-order valence-electron chi connectivity index (χ1n) is 9.66. The summed E-state index contributed by atoms with van der Waals surface area (Å²) in [4.78, 5) is 30.1. The Morgan fingerprint density at radius 3 is 2.63 bits per heavy atom. The molecule has 1 fully saturated rings. The van der Waals surface area contributed by atoms with E-state index in [1.54, 1.807) is 17.6 Å². The highest BCUT2D eigenvalue weighted by Gasteiger charge is 2.31. The van der Waals surface area contributed by atoms with E-state index in [0.29, 0.717) is 22.8 Å². The molecular formula is C19H21ClN6O3S. The van der Waals surface area contributed by atoms with Crippen LogP contribution in [-0.2, 0) is 16.4 Å². The van der Waals surface area contributed by atoms with Crippen LogP contribution in [0.5, 0.6) is 0 Å². The molecule has 3 aromatic heterocycles. The monoisotopic (exact) mass is 448 g/mol. The summed E-state index contributed by atoms with van der Waals surface area (Å²) < 4.78 is 25.5. The zero-order valence-electron chi connectivity index (χ0n) is 16.5. The number of fused-ring (bicyclic) bond motifs is 1. The van der Waals surface area contributed by atoms with E-state index in [2.05, 4.69) is 25.3 Å². The zero-order chi connectivity index (χ0) is 21.5. The maximum Gasteiger partial charge on any atom is 0.295 e. The maximum absolute atomic E-state index is 13.1. The molecule has 1 aliphatic carbocycles. The third-order valence-electron chi connectivity index (χ3n) is 5.29. The Morgan fingerprint density at radius 1 is 1.23 bits per heavy atom. The number of nitrogens with zero attached hydrogens (tertiary/aromatic N) is 5. The third-order valence-corrected chi connectivity index (χ3v) is 7.19. The Balaban J connectivity index is 1.65. The van der Waals surface area contributed by atoms with E-state index in [0.717, 1.165) is 12.8 Å². The highest BCUT2D eigenvalue weighted by atomic mass is 35.5. The van der Waals surface area contributed by atoms with Gasteiger partial charge < -0.3 is 5.32 Å². The van der Waals surface area contributed by atoms with Crippen LogP contribution in [0.25, 0.3) is 11.2 Å². The Bertz CT molecular complexity index is 1260. The highest BCUT2D eigenvalue weighted by Crippen LogP contribution is 2.39. The van der Waals surface area contributed by atoms with Gasteiger partial charge in [-0.3, -0.25) is 14.3 Å². The fraction of sp³-hybridized carbons (Fsp3) is 0.421. The topological polar surface area (TPSA) is 120 Å². The Labute approximate surface area is 178 Å². The molecular weight excluding hydrogens is 428 g/mol. The summed E-state index contributed by atoms with van der Waals surface area (Å²) in [6.07, 6.45) is 4.95. The van der Waals surface area contributed by atoms with Crippen molar-refractivity contribution in [3.05, 3.63) is 45.9 Å². The Kier molecular flexibility index (Phi) is 5.46. The van der Waals surface area contributed by atoms with Gasteiger partial charge in [-0.05, 0) is 49.4 Å². The van der Waals surface area contributed by atoms with E-state index in [4.69, 9.17) is 11.6 Å². The molecule has 1 N–H and O–H groups in total. The Hall–Kier alpha value is -2.59. The molecule has 0 aromatic carbocycles. The van der Waals surface area contributed by atoms with Gasteiger partial charge in [-0.1, -0.05) is 6.92 Å². The quantitative estimate of drug-likeness (QED) is 0.547. The molecule has 1 saturated carbocycles. The number of anilines is 1. The lowest BCUT2D eigenvalue weighted by molar-refractivity contribution is 0.482. The van der Waals surface area contributed by atoms with Crippen LogP contribution in [0.2, 0.25) is 5.28 Å². The normalized spacial score (nSPS) is 15.3. The highest BCUT2D eigenvalue weighted by molar-refractivity contribution is 7.91. The average Bonchev–Trinajstić information content (AvgIpc) is 3.58. The largest absolute Gasteiger partial charge is 0.360 e. The zero-order valence-corrected chi connectivity index (χ0v) is 18.1. The van der Waals surface area contributed by atoms with E-state index < -0.39 is 9.84 Å². The van der Waals surface area contributed by atoms with Gasteiger partial charge >= 0.3 is 0 Å². The molecule has 158 valence electrons. The fourth-order valence-electron chi connectivity index (χ4n) is 3.30. The van der Waals surface area contributed by atoms with Crippen molar-refractivity contribution in [2.24, 2.45) is 5.92 Å². The molecule has 1 aliphatic rings. The van der Waals surface area contributed by atoms with Crippen LogP contribution in [0, 0.1) is 5.92 Å². The van der Waals surface area contributed by atoms with Crippen LogP contribution in [-0.4, -0.2) is 38.7 Å². The van der Waals surface area contributed by atoms with E-state index in [9.17, 15) is 13.2 Å². The molecule has 0 radical (unpaired) electrons. The van der Waals surface area contributed by atoms with Crippen molar-refractivity contribution in [1.82, 2.24) is 24.5 Å². The number of sulfone groups is 1. The lowest BCUT2D eigenvalue weighted by Crippen LogP contribution is -2.29. The minimum Gasteiger partial charge on any atom is -0.360 e. The second kappa shape index (κ2) is 7.92. The molecule has 1 unspecified atom stereocenters. The lowest BCUT2D eigenvalue weighted by atomic mass is 10.2. The molecule has 1 atom stereocenters. The molecule has 0 amide bonds. The van der Waals surface area contributed by atoms with Gasteiger partial charge in [-0.15, -0.1) is 0 Å². The van der Waals surface area contributed by atoms with Gasteiger partial charge in [0, 0.05) is 12.2 Å². The van der Waals surface area contributed by atoms with Crippen LogP contribution in [0.4, 0.5) is 5.82 Å². The minimum absolute atomic E-state index is 0.0120. The van der Waals surface area contributed by atoms with Gasteiger partial charge in [0.05, 0.1) is 29.1 Å². The molecule has 4 rings (SSSR count). The molecule has 0 bridgehead atoms. The van der Waals surface area contributed by atoms with Gasteiger partial charge in [0.2, 0.25) is 5.28 Å². The standard InChI is InChI=1S/C19H21ClN6O3S/c1-3-30(28,29)14-7-6-13(21-9-14)8-22-16-18(27)26(11(2)12-4-5-12)17-15(24-16)10-23-19(20)25-17/h6-7,9-12H,3-5,8H2,1-2H3,(H,22,24). The van der Waals surface area contributed by atoms with Crippen LogP contribution < -0.4 is 10.9 Å². The first kappa shape index (κ1) is 20.7. The summed E-state index contributed by atoms with van der Waals surface area (Å²) in [5.41, 5.74) is 1.17. The summed E-state index contributed by atoms with van der Waals surface area (Å²) >= 11 is 5.95. The lowest BCUT2D eigenvalue weighted by Gasteiger charge is -2.18. The summed E-state index contributed by atoms with van der Waals surface area (Å²) in [5, 5.41) is 3.08.